The molecule has 43 heavy (non-hydrogen) atoms. The Balaban J connectivity index is 1.53. The molecule has 4 rings (SSSR count). The zero-order chi connectivity index (χ0) is 32.0. The minimum atomic E-state index is -4.99. The number of halogens is 10. The Hall–Kier alpha value is -2.79. The average Bonchev–Trinajstić information content (AvgIpc) is 3.50. The van der Waals surface area contributed by atoms with E-state index in [1.807, 2.05) is 0 Å². The van der Waals surface area contributed by atoms with Crippen LogP contribution in [0, 0.1) is 23.4 Å². The molecule has 1 aliphatic rings. The summed E-state index contributed by atoms with van der Waals surface area (Å²) in [5.41, 5.74) is -2.50. The van der Waals surface area contributed by atoms with Gasteiger partial charge in [-0.2, -0.15) is 13.2 Å². The SMILES string of the molecule is CC(Cl)C(=O)Cc1c(F)ccc(CC(=O)c2cc(NC(=O)[C@H]3[C@H](c4ccc(F)c(C(F)(F)F)c4)C3(Cl)Cl)ccc2Cl)c1F. The van der Waals surface area contributed by atoms with Crippen molar-refractivity contribution >= 4 is 69.6 Å². The molecule has 14 heteroatoms. The van der Waals surface area contributed by atoms with E-state index >= 15 is 4.39 Å². The van der Waals surface area contributed by atoms with Crippen LogP contribution in [0.1, 0.15) is 45.5 Å². The summed E-state index contributed by atoms with van der Waals surface area (Å²) in [6.45, 7) is 1.36. The Labute approximate surface area is 261 Å². The topological polar surface area (TPSA) is 63.2 Å². The van der Waals surface area contributed by atoms with Gasteiger partial charge in [0.1, 0.15) is 21.8 Å². The molecule has 3 aromatic rings. The van der Waals surface area contributed by atoms with Crippen LogP contribution in [-0.4, -0.2) is 27.2 Å². The highest BCUT2D eigenvalue weighted by molar-refractivity contribution is 6.53. The molecule has 228 valence electrons. The Morgan fingerprint density at radius 3 is 2.23 bits per heavy atom. The van der Waals surface area contributed by atoms with Crippen molar-refractivity contribution in [1.29, 1.82) is 0 Å². The molecule has 1 N–H and O–H groups in total. The fourth-order valence-electron chi connectivity index (χ4n) is 4.59. The molecule has 1 aliphatic carbocycles. The van der Waals surface area contributed by atoms with Crippen LogP contribution in [0.4, 0.5) is 32.0 Å². The minimum absolute atomic E-state index is 0.0320. The van der Waals surface area contributed by atoms with Gasteiger partial charge in [0.05, 0.1) is 21.9 Å². The minimum Gasteiger partial charge on any atom is -0.326 e. The van der Waals surface area contributed by atoms with Crippen LogP contribution in [-0.2, 0) is 28.6 Å². The number of ketones is 2. The number of carbonyl (C=O) groups excluding carboxylic acids is 3. The predicted molar refractivity (Wildman–Crippen MR) is 151 cm³/mol. The van der Waals surface area contributed by atoms with Gasteiger partial charge in [-0.05, 0) is 54.4 Å². The van der Waals surface area contributed by atoms with Gasteiger partial charge in [-0.25, -0.2) is 13.2 Å². The van der Waals surface area contributed by atoms with Crippen molar-refractivity contribution in [3.8, 4) is 0 Å². The van der Waals surface area contributed by atoms with E-state index in [4.69, 9.17) is 46.4 Å². The molecular weight excluding hydrogens is 666 g/mol. The van der Waals surface area contributed by atoms with Crippen molar-refractivity contribution in [3.05, 3.63) is 98.8 Å². The van der Waals surface area contributed by atoms with Crippen molar-refractivity contribution in [2.45, 2.75) is 41.6 Å². The number of benzene rings is 3. The summed E-state index contributed by atoms with van der Waals surface area (Å²) in [6.07, 6.45) is -6.18. The third kappa shape index (κ3) is 6.98. The van der Waals surface area contributed by atoms with Gasteiger partial charge in [0.25, 0.3) is 0 Å². The van der Waals surface area contributed by atoms with Crippen LogP contribution in [0.3, 0.4) is 0 Å². The molecule has 1 fully saturated rings. The Morgan fingerprint density at radius 1 is 0.953 bits per heavy atom. The Bertz CT molecular complexity index is 1630. The number of alkyl halides is 6. The highest BCUT2D eigenvalue weighted by atomic mass is 35.5. The Kier molecular flexibility index (Phi) is 9.47. The highest BCUT2D eigenvalue weighted by Gasteiger charge is 2.67. The van der Waals surface area contributed by atoms with Crippen molar-refractivity contribution in [2.24, 2.45) is 5.92 Å². The number of anilines is 1. The van der Waals surface area contributed by atoms with Crippen molar-refractivity contribution < 1.29 is 40.7 Å². The fraction of sp³-hybridized carbons (Fsp3) is 0.276. The van der Waals surface area contributed by atoms with Gasteiger partial charge >= 0.3 is 6.18 Å². The fourth-order valence-corrected chi connectivity index (χ4v) is 5.71. The number of hydrogen-bond donors (Lipinski definition) is 1. The standard InChI is InChI=1S/C29H19Cl4F6NO3/c1-12(30)22(41)11-17-20(34)6-3-14(26(17)36)9-23(42)16-10-15(4-5-19(16)31)40-27(43)25-24(28(25,32)33)13-2-7-21(35)18(8-13)29(37,38)39/h2-8,10,12,24-25H,9,11H2,1H3,(H,40,43)/t12?,24-,25+/m0/s1. The van der Waals surface area contributed by atoms with Crippen molar-refractivity contribution in [2.75, 3.05) is 5.32 Å². The zero-order valence-electron chi connectivity index (χ0n) is 21.8. The molecule has 1 saturated carbocycles. The van der Waals surface area contributed by atoms with Crippen LogP contribution in [0.15, 0.2) is 48.5 Å². The maximum absolute atomic E-state index is 15.1. The third-order valence-electron chi connectivity index (χ3n) is 6.94. The lowest BCUT2D eigenvalue weighted by atomic mass is 9.97. The lowest BCUT2D eigenvalue weighted by molar-refractivity contribution is -0.140. The Morgan fingerprint density at radius 2 is 1.60 bits per heavy atom. The van der Waals surface area contributed by atoms with E-state index in [1.54, 1.807) is 0 Å². The molecule has 3 aromatic carbocycles. The molecule has 0 heterocycles. The van der Waals surface area contributed by atoms with Crippen LogP contribution in [0.5, 0.6) is 0 Å². The molecule has 3 atom stereocenters. The summed E-state index contributed by atoms with van der Waals surface area (Å²) < 4.78 is 80.8. The van der Waals surface area contributed by atoms with Gasteiger partial charge in [-0.3, -0.25) is 14.4 Å². The third-order valence-corrected chi connectivity index (χ3v) is 8.45. The summed E-state index contributed by atoms with van der Waals surface area (Å²) in [4.78, 5) is 38.0. The molecule has 0 aliphatic heterocycles. The van der Waals surface area contributed by atoms with Crippen LogP contribution in [0.25, 0.3) is 0 Å². The monoisotopic (exact) mass is 683 g/mol. The van der Waals surface area contributed by atoms with Crippen LogP contribution >= 0.6 is 46.4 Å². The van der Waals surface area contributed by atoms with E-state index in [2.05, 4.69) is 5.32 Å². The van der Waals surface area contributed by atoms with E-state index in [9.17, 15) is 36.3 Å². The largest absolute Gasteiger partial charge is 0.419 e. The summed E-state index contributed by atoms with van der Waals surface area (Å²) in [5, 5.41) is 1.43. The number of amides is 1. The van der Waals surface area contributed by atoms with Gasteiger partial charge in [0, 0.05) is 35.6 Å². The van der Waals surface area contributed by atoms with E-state index < -0.39 is 86.6 Å². The first kappa shape index (κ1) is 33.1. The number of rotatable bonds is 9. The number of nitrogens with one attached hydrogen (secondary N) is 1. The van der Waals surface area contributed by atoms with Crippen molar-refractivity contribution in [3.63, 3.8) is 0 Å². The van der Waals surface area contributed by atoms with Gasteiger partial charge in [0.2, 0.25) is 5.91 Å². The van der Waals surface area contributed by atoms with Gasteiger partial charge in [0.15, 0.2) is 11.6 Å². The van der Waals surface area contributed by atoms with Gasteiger partial charge in [-0.15, -0.1) is 34.8 Å². The molecule has 0 bridgehead atoms. The molecule has 4 nitrogen and oxygen atoms in total. The number of hydrogen-bond acceptors (Lipinski definition) is 3. The normalized spacial score (nSPS) is 18.2. The first-order valence-electron chi connectivity index (χ1n) is 12.4. The smallest absolute Gasteiger partial charge is 0.326 e. The summed E-state index contributed by atoms with van der Waals surface area (Å²) >= 11 is 24.3. The second-order valence-corrected chi connectivity index (χ2v) is 12.4. The van der Waals surface area contributed by atoms with E-state index in [1.165, 1.54) is 25.1 Å². The quantitative estimate of drug-likeness (QED) is 0.140. The molecule has 0 saturated heterocycles. The lowest BCUT2D eigenvalue weighted by Crippen LogP contribution is -2.18. The van der Waals surface area contributed by atoms with E-state index in [-0.39, 0.29) is 27.4 Å². The summed E-state index contributed by atoms with van der Waals surface area (Å²) in [7, 11) is 0. The zero-order valence-corrected chi connectivity index (χ0v) is 24.8. The second-order valence-electron chi connectivity index (χ2n) is 9.91. The van der Waals surface area contributed by atoms with E-state index in [0.29, 0.717) is 12.1 Å². The maximum atomic E-state index is 15.1. The molecular formula is C29H19Cl4F6NO3. The van der Waals surface area contributed by atoms with Crippen molar-refractivity contribution in [1.82, 2.24) is 0 Å². The first-order valence-corrected chi connectivity index (χ1v) is 14.0. The number of Topliss-reactive ketones (excluding diaryl/α,β-unsaturated/α-hetero) is 2. The molecule has 0 aromatic heterocycles. The highest BCUT2D eigenvalue weighted by Crippen LogP contribution is 2.65. The molecule has 0 radical (unpaired) electrons. The van der Waals surface area contributed by atoms with Crippen LogP contribution < -0.4 is 5.32 Å². The second kappa shape index (κ2) is 12.3. The first-order chi connectivity index (χ1) is 19.9. The summed E-state index contributed by atoms with van der Waals surface area (Å²) in [5.74, 6) is -8.04. The van der Waals surface area contributed by atoms with Crippen LogP contribution in [0.2, 0.25) is 5.02 Å². The van der Waals surface area contributed by atoms with E-state index in [0.717, 1.165) is 18.2 Å². The molecule has 1 amide bonds. The molecule has 1 unspecified atom stereocenters. The lowest BCUT2D eigenvalue weighted by Gasteiger charge is -2.12. The predicted octanol–water partition coefficient (Wildman–Crippen LogP) is 8.47. The average molecular weight is 685 g/mol. The van der Waals surface area contributed by atoms with Gasteiger partial charge < -0.3 is 5.32 Å². The van der Waals surface area contributed by atoms with Gasteiger partial charge in [-0.1, -0.05) is 23.7 Å². The molecule has 0 spiro atoms. The maximum Gasteiger partial charge on any atom is 0.419 e. The summed E-state index contributed by atoms with van der Waals surface area (Å²) in [6, 6.07) is 7.94. The number of carbonyl (C=O) groups is 3.